The second-order valence-corrected chi connectivity index (χ2v) is 9.12. The molecule has 2 aromatic rings. The molecule has 0 radical (unpaired) electrons. The summed E-state index contributed by atoms with van der Waals surface area (Å²) in [6.45, 7) is 2.90. The lowest BCUT2D eigenvalue weighted by molar-refractivity contribution is -0.272. The molecule has 4 N–H and O–H groups in total. The molecule has 1 aromatic carbocycles. The van der Waals surface area contributed by atoms with E-state index >= 15 is 0 Å². The van der Waals surface area contributed by atoms with Crippen LogP contribution in [-0.2, 0) is 9.53 Å². The van der Waals surface area contributed by atoms with Crippen LogP contribution in [0.25, 0.3) is 0 Å². The van der Waals surface area contributed by atoms with Crippen LogP contribution in [0.1, 0.15) is 42.7 Å². The number of ether oxygens (including phenoxy) is 2. The Hall–Kier alpha value is -3.32. The lowest BCUT2D eigenvalue weighted by atomic mass is 9.77. The van der Waals surface area contributed by atoms with Crippen LogP contribution >= 0.6 is 0 Å². The molecule has 0 saturated carbocycles. The zero-order chi connectivity index (χ0) is 27.7. The summed E-state index contributed by atoms with van der Waals surface area (Å²) in [7, 11) is 0. The molecule has 37 heavy (non-hydrogen) atoms. The highest BCUT2D eigenvalue weighted by molar-refractivity contribution is 5.97. The quantitative estimate of drug-likeness (QED) is 0.448. The van der Waals surface area contributed by atoms with E-state index in [1.807, 2.05) is 0 Å². The SMILES string of the molecule is CC(CO)COc1c([C@H]2[C@H](C(=O)Nc3ccnc(C(N)=O)c3)O[C@@](C)(C(F)(F)F)[C@H]2C)ccc(F)c1F. The van der Waals surface area contributed by atoms with E-state index in [1.165, 1.54) is 13.0 Å². The number of rotatable bonds is 8. The third kappa shape index (κ3) is 5.52. The predicted octanol–water partition coefficient (Wildman–Crippen LogP) is 3.54. The number of carbonyl (C=O) groups is 2. The van der Waals surface area contributed by atoms with Crippen molar-refractivity contribution in [3.63, 3.8) is 0 Å². The van der Waals surface area contributed by atoms with Crippen molar-refractivity contribution in [3.05, 3.63) is 53.4 Å². The third-order valence-corrected chi connectivity index (χ3v) is 6.47. The van der Waals surface area contributed by atoms with Crippen molar-refractivity contribution in [3.8, 4) is 5.75 Å². The number of pyridine rings is 1. The first-order chi connectivity index (χ1) is 17.2. The summed E-state index contributed by atoms with van der Waals surface area (Å²) in [5.74, 6) is -8.76. The van der Waals surface area contributed by atoms with E-state index < -0.39 is 64.8 Å². The Morgan fingerprint density at radius 1 is 1.30 bits per heavy atom. The topological polar surface area (TPSA) is 124 Å². The highest BCUT2D eigenvalue weighted by Crippen LogP contribution is 2.55. The fourth-order valence-corrected chi connectivity index (χ4v) is 4.11. The number of hydrogen-bond acceptors (Lipinski definition) is 6. The van der Waals surface area contributed by atoms with Gasteiger partial charge in [0.05, 0.1) is 6.61 Å². The van der Waals surface area contributed by atoms with Crippen LogP contribution in [0.5, 0.6) is 5.75 Å². The number of halogens is 5. The standard InChI is InChI=1S/C24H26F5N3O5/c1-11(9-33)10-36-19-14(4-5-15(25)18(19)26)17-12(2)23(3,24(27,28)29)37-20(17)22(35)32-13-6-7-31-16(8-13)21(30)34/h4-8,11-12,17,20,33H,9-10H2,1-3H3,(H2,30,34)(H,31,32,35)/t11?,12-,17-,20+,23+/m0/s1. The molecule has 5 atom stereocenters. The summed E-state index contributed by atoms with van der Waals surface area (Å²) in [6, 6.07) is 4.17. The van der Waals surface area contributed by atoms with Gasteiger partial charge in [0.1, 0.15) is 11.8 Å². The summed E-state index contributed by atoms with van der Waals surface area (Å²) < 4.78 is 82.0. The lowest BCUT2D eigenvalue weighted by Gasteiger charge is -2.32. The van der Waals surface area contributed by atoms with Gasteiger partial charge in [0.25, 0.3) is 11.8 Å². The van der Waals surface area contributed by atoms with Crippen molar-refractivity contribution >= 4 is 17.5 Å². The molecule has 0 bridgehead atoms. The molecule has 1 aromatic heterocycles. The van der Waals surface area contributed by atoms with Crippen LogP contribution in [-0.4, -0.2) is 53.0 Å². The van der Waals surface area contributed by atoms with Crippen molar-refractivity contribution in [2.24, 2.45) is 17.6 Å². The molecule has 2 heterocycles. The smallest absolute Gasteiger partial charge is 0.417 e. The fraction of sp³-hybridized carbons (Fsp3) is 0.458. The minimum absolute atomic E-state index is 0.00273. The van der Waals surface area contributed by atoms with E-state index in [2.05, 4.69) is 10.3 Å². The normalized spacial score (nSPS) is 24.5. The van der Waals surface area contributed by atoms with Gasteiger partial charge in [-0.1, -0.05) is 19.9 Å². The number of nitrogens with two attached hydrogens (primary N) is 1. The molecule has 2 amide bonds. The summed E-state index contributed by atoms with van der Waals surface area (Å²) in [5.41, 5.74) is 1.93. The number of carbonyl (C=O) groups excluding carboxylic acids is 2. The molecule has 3 rings (SSSR count). The molecule has 0 spiro atoms. The number of anilines is 1. The molecule has 1 unspecified atom stereocenters. The van der Waals surface area contributed by atoms with Gasteiger partial charge in [-0.25, -0.2) is 4.39 Å². The van der Waals surface area contributed by atoms with Gasteiger partial charge in [0.15, 0.2) is 17.2 Å². The van der Waals surface area contributed by atoms with Crippen molar-refractivity contribution in [1.82, 2.24) is 4.98 Å². The molecule has 1 saturated heterocycles. The van der Waals surface area contributed by atoms with Crippen LogP contribution in [0.15, 0.2) is 30.5 Å². The van der Waals surface area contributed by atoms with Gasteiger partial charge < -0.3 is 25.6 Å². The first kappa shape index (κ1) is 28.3. The average Bonchev–Trinajstić information content (AvgIpc) is 3.11. The molecule has 202 valence electrons. The van der Waals surface area contributed by atoms with Gasteiger partial charge >= 0.3 is 6.18 Å². The Morgan fingerprint density at radius 3 is 2.57 bits per heavy atom. The van der Waals surface area contributed by atoms with Gasteiger partial charge in [-0.15, -0.1) is 0 Å². The summed E-state index contributed by atoms with van der Waals surface area (Å²) >= 11 is 0. The lowest BCUT2D eigenvalue weighted by Crippen LogP contribution is -2.47. The summed E-state index contributed by atoms with van der Waals surface area (Å²) in [4.78, 5) is 28.4. The fourth-order valence-electron chi connectivity index (χ4n) is 4.11. The number of alkyl halides is 3. The Kier molecular flexibility index (Phi) is 8.08. The van der Waals surface area contributed by atoms with Crippen molar-refractivity contribution in [2.45, 2.75) is 44.6 Å². The van der Waals surface area contributed by atoms with E-state index in [9.17, 15) is 36.6 Å². The van der Waals surface area contributed by atoms with Gasteiger partial charge in [-0.3, -0.25) is 14.6 Å². The number of primary amides is 1. The second-order valence-electron chi connectivity index (χ2n) is 9.12. The minimum atomic E-state index is -4.93. The van der Waals surface area contributed by atoms with Gasteiger partial charge in [0, 0.05) is 41.8 Å². The van der Waals surface area contributed by atoms with E-state index in [0.29, 0.717) is 0 Å². The maximum absolute atomic E-state index is 14.8. The Balaban J connectivity index is 2.08. The maximum Gasteiger partial charge on any atom is 0.417 e. The van der Waals surface area contributed by atoms with Crippen LogP contribution in [0.3, 0.4) is 0 Å². The van der Waals surface area contributed by atoms with Crippen molar-refractivity contribution < 1.29 is 46.1 Å². The number of benzene rings is 1. The van der Waals surface area contributed by atoms with Gasteiger partial charge in [-0.2, -0.15) is 17.6 Å². The van der Waals surface area contributed by atoms with Crippen LogP contribution in [0.4, 0.5) is 27.6 Å². The summed E-state index contributed by atoms with van der Waals surface area (Å²) in [6.07, 6.45) is -5.59. The Morgan fingerprint density at radius 2 is 1.97 bits per heavy atom. The van der Waals surface area contributed by atoms with Crippen LogP contribution in [0.2, 0.25) is 0 Å². The predicted molar refractivity (Wildman–Crippen MR) is 121 cm³/mol. The zero-order valence-corrected chi connectivity index (χ0v) is 20.1. The molecular weight excluding hydrogens is 505 g/mol. The maximum atomic E-state index is 14.8. The zero-order valence-electron chi connectivity index (χ0n) is 20.1. The van der Waals surface area contributed by atoms with Crippen LogP contribution in [0, 0.1) is 23.5 Å². The number of amides is 2. The van der Waals surface area contributed by atoms with E-state index in [1.54, 1.807) is 6.92 Å². The first-order valence-corrected chi connectivity index (χ1v) is 11.2. The van der Waals surface area contributed by atoms with Crippen molar-refractivity contribution in [1.29, 1.82) is 0 Å². The van der Waals surface area contributed by atoms with Gasteiger partial charge in [-0.05, 0) is 25.1 Å². The number of hydrogen-bond donors (Lipinski definition) is 3. The summed E-state index contributed by atoms with van der Waals surface area (Å²) in [5, 5.41) is 11.6. The van der Waals surface area contributed by atoms with Crippen LogP contribution < -0.4 is 15.8 Å². The van der Waals surface area contributed by atoms with E-state index in [0.717, 1.165) is 31.3 Å². The second kappa shape index (κ2) is 10.6. The van der Waals surface area contributed by atoms with Gasteiger partial charge in [0.2, 0.25) is 5.82 Å². The number of aromatic nitrogens is 1. The number of nitrogens with zero attached hydrogens (tertiary/aromatic N) is 1. The molecular formula is C24H26F5N3O5. The first-order valence-electron chi connectivity index (χ1n) is 11.2. The molecule has 0 aliphatic carbocycles. The Bertz CT molecular complexity index is 1180. The number of nitrogens with one attached hydrogen (secondary N) is 1. The third-order valence-electron chi connectivity index (χ3n) is 6.47. The van der Waals surface area contributed by atoms with E-state index in [-0.39, 0.29) is 30.2 Å². The molecule has 8 nitrogen and oxygen atoms in total. The van der Waals surface area contributed by atoms with E-state index in [4.69, 9.17) is 15.2 Å². The molecule has 1 aliphatic rings. The Labute approximate surface area is 209 Å². The highest BCUT2D eigenvalue weighted by Gasteiger charge is 2.66. The highest BCUT2D eigenvalue weighted by atomic mass is 19.4. The number of aliphatic hydroxyl groups excluding tert-OH is 1. The molecule has 1 fully saturated rings. The minimum Gasteiger partial charge on any atom is -0.490 e. The molecule has 13 heteroatoms. The monoisotopic (exact) mass is 531 g/mol. The average molecular weight is 531 g/mol. The number of aliphatic hydroxyl groups is 1. The molecule has 1 aliphatic heterocycles. The van der Waals surface area contributed by atoms with Crippen molar-refractivity contribution in [2.75, 3.05) is 18.5 Å². The largest absolute Gasteiger partial charge is 0.490 e.